The van der Waals surface area contributed by atoms with Crippen LogP contribution in [0.3, 0.4) is 0 Å². The Labute approximate surface area is 271 Å². The SMILES string of the molecule is COC(=O)CCCCN1C(=O)[C@]2(O[C@H](CC(=O)N3CCC[C@H]3CO)[C@@H]([Si](C)(C)O)[C@@H]2C)c2cc(NC(=O)c3ccccc3)ccc21. The van der Waals surface area contributed by atoms with Crippen molar-refractivity contribution in [3.63, 3.8) is 0 Å². The molecule has 248 valence electrons. The van der Waals surface area contributed by atoms with Gasteiger partial charge in [0.2, 0.25) is 5.91 Å². The predicted octanol–water partition coefficient (Wildman–Crippen LogP) is 3.80. The summed E-state index contributed by atoms with van der Waals surface area (Å²) >= 11 is 0. The lowest BCUT2D eigenvalue weighted by atomic mass is 9.82. The molecule has 1 spiro atoms. The fraction of sp³-hybridized carbons (Fsp3) is 0.529. The number of ether oxygens (including phenoxy) is 2. The molecule has 0 unspecified atom stereocenters. The molecule has 12 heteroatoms. The zero-order valence-corrected chi connectivity index (χ0v) is 28.0. The van der Waals surface area contributed by atoms with E-state index in [4.69, 9.17) is 9.47 Å². The molecule has 2 saturated heterocycles. The molecule has 5 atom stereocenters. The zero-order valence-electron chi connectivity index (χ0n) is 27.0. The Morgan fingerprint density at radius 3 is 2.54 bits per heavy atom. The van der Waals surface area contributed by atoms with E-state index in [1.54, 1.807) is 52.3 Å². The molecule has 3 aliphatic rings. The molecule has 5 rings (SSSR count). The Kier molecular flexibility index (Phi) is 10.0. The third-order valence-corrected chi connectivity index (χ3v) is 12.3. The molecule has 3 N–H and O–H groups in total. The summed E-state index contributed by atoms with van der Waals surface area (Å²) in [5, 5.41) is 12.8. The summed E-state index contributed by atoms with van der Waals surface area (Å²) in [6.45, 7) is 6.29. The third kappa shape index (κ3) is 6.35. The summed E-state index contributed by atoms with van der Waals surface area (Å²) in [5.74, 6) is -1.55. The fourth-order valence-electron chi connectivity index (χ4n) is 7.65. The van der Waals surface area contributed by atoms with Gasteiger partial charge in [-0.3, -0.25) is 19.2 Å². The first-order valence-corrected chi connectivity index (χ1v) is 19.1. The predicted molar refractivity (Wildman–Crippen MR) is 175 cm³/mol. The number of hydrogen-bond acceptors (Lipinski definition) is 8. The highest BCUT2D eigenvalue weighted by molar-refractivity contribution is 6.71. The summed E-state index contributed by atoms with van der Waals surface area (Å²) in [4.78, 5) is 67.9. The number of likely N-dealkylation sites (tertiary alicyclic amines) is 1. The molecule has 46 heavy (non-hydrogen) atoms. The van der Waals surface area contributed by atoms with Gasteiger partial charge in [-0.1, -0.05) is 25.1 Å². The molecule has 3 heterocycles. The smallest absolute Gasteiger partial charge is 0.305 e. The van der Waals surface area contributed by atoms with Gasteiger partial charge in [-0.15, -0.1) is 0 Å². The van der Waals surface area contributed by atoms with Gasteiger partial charge in [-0.05, 0) is 69.1 Å². The van der Waals surface area contributed by atoms with Crippen LogP contribution in [0.15, 0.2) is 48.5 Å². The van der Waals surface area contributed by atoms with E-state index in [9.17, 15) is 29.1 Å². The number of unbranched alkanes of at least 4 members (excludes halogenated alkanes) is 1. The highest BCUT2D eigenvalue weighted by Crippen LogP contribution is 2.60. The van der Waals surface area contributed by atoms with Crippen molar-refractivity contribution in [1.82, 2.24) is 4.90 Å². The zero-order chi connectivity index (χ0) is 33.2. The molecule has 11 nitrogen and oxygen atoms in total. The van der Waals surface area contributed by atoms with Crippen LogP contribution in [0.2, 0.25) is 18.6 Å². The quantitative estimate of drug-likeness (QED) is 0.189. The maximum absolute atomic E-state index is 14.6. The van der Waals surface area contributed by atoms with Crippen LogP contribution in [0.1, 0.15) is 61.4 Å². The molecule has 0 bridgehead atoms. The number of carbonyl (C=O) groups excluding carboxylic acids is 4. The van der Waals surface area contributed by atoms with E-state index in [1.807, 2.05) is 26.1 Å². The van der Waals surface area contributed by atoms with E-state index >= 15 is 0 Å². The van der Waals surface area contributed by atoms with Crippen molar-refractivity contribution < 1.29 is 38.6 Å². The summed E-state index contributed by atoms with van der Waals surface area (Å²) in [7, 11) is -1.67. The number of amides is 3. The van der Waals surface area contributed by atoms with E-state index < -0.39 is 31.5 Å². The topological polar surface area (TPSA) is 146 Å². The Balaban J connectivity index is 1.51. The average molecular weight is 652 g/mol. The molecule has 0 aromatic heterocycles. The molecule has 2 fully saturated rings. The number of fused-ring (bicyclic) bond motifs is 2. The number of benzene rings is 2. The lowest BCUT2D eigenvalue weighted by molar-refractivity contribution is -0.150. The van der Waals surface area contributed by atoms with Crippen LogP contribution in [0.4, 0.5) is 11.4 Å². The maximum atomic E-state index is 14.6. The van der Waals surface area contributed by atoms with Crippen LogP contribution in [0.25, 0.3) is 0 Å². The van der Waals surface area contributed by atoms with Gasteiger partial charge in [0.25, 0.3) is 11.8 Å². The third-order valence-electron chi connectivity index (χ3n) is 9.80. The van der Waals surface area contributed by atoms with Gasteiger partial charge < -0.3 is 34.5 Å². The number of carbonyl (C=O) groups is 4. The van der Waals surface area contributed by atoms with Gasteiger partial charge in [0.1, 0.15) is 0 Å². The summed E-state index contributed by atoms with van der Waals surface area (Å²) < 4.78 is 11.6. The summed E-state index contributed by atoms with van der Waals surface area (Å²) in [5.41, 5.74) is 0.246. The molecule has 2 aromatic rings. The summed E-state index contributed by atoms with van der Waals surface area (Å²) in [6.07, 6.45) is 2.09. The molecule has 0 aliphatic carbocycles. The molecular formula is C34H45N3O8Si. The number of nitrogens with one attached hydrogen (secondary N) is 1. The van der Waals surface area contributed by atoms with Gasteiger partial charge in [0.15, 0.2) is 13.9 Å². The normalized spacial score (nSPS) is 25.7. The first kappa shape index (κ1) is 33.8. The van der Waals surface area contributed by atoms with Crippen molar-refractivity contribution in [1.29, 1.82) is 0 Å². The van der Waals surface area contributed by atoms with Gasteiger partial charge in [0, 0.05) is 47.8 Å². The number of nitrogens with zero attached hydrogens (tertiary/aromatic N) is 2. The number of esters is 1. The second-order valence-electron chi connectivity index (χ2n) is 13.2. The Bertz CT molecular complexity index is 1460. The first-order valence-electron chi connectivity index (χ1n) is 16.1. The van der Waals surface area contributed by atoms with Crippen molar-refractivity contribution in [2.24, 2.45) is 5.92 Å². The van der Waals surface area contributed by atoms with Crippen molar-refractivity contribution in [2.45, 2.75) is 81.8 Å². The molecular weight excluding hydrogens is 606 g/mol. The van der Waals surface area contributed by atoms with Crippen LogP contribution < -0.4 is 10.2 Å². The van der Waals surface area contributed by atoms with Crippen molar-refractivity contribution in [3.05, 3.63) is 59.7 Å². The van der Waals surface area contributed by atoms with E-state index in [-0.39, 0.29) is 49.2 Å². The largest absolute Gasteiger partial charge is 0.469 e. The molecule has 3 aliphatic heterocycles. The fourth-order valence-corrected chi connectivity index (χ4v) is 10.2. The van der Waals surface area contributed by atoms with Crippen LogP contribution in [-0.2, 0) is 29.5 Å². The highest BCUT2D eigenvalue weighted by atomic mass is 28.4. The molecule has 3 amide bonds. The summed E-state index contributed by atoms with van der Waals surface area (Å²) in [6, 6.07) is 13.9. The van der Waals surface area contributed by atoms with Gasteiger partial charge in [-0.25, -0.2) is 0 Å². The first-order chi connectivity index (χ1) is 21.9. The van der Waals surface area contributed by atoms with Crippen molar-refractivity contribution in [3.8, 4) is 0 Å². The van der Waals surface area contributed by atoms with E-state index in [0.29, 0.717) is 48.4 Å². The minimum absolute atomic E-state index is 0.0174. The Morgan fingerprint density at radius 2 is 1.87 bits per heavy atom. The lowest BCUT2D eigenvalue weighted by Gasteiger charge is -2.33. The average Bonchev–Trinajstić information content (AvgIpc) is 3.69. The number of aliphatic hydroxyl groups excluding tert-OH is 1. The second-order valence-corrected chi connectivity index (χ2v) is 17.1. The minimum atomic E-state index is -3.02. The number of aliphatic hydroxyl groups is 1. The number of methoxy groups -OCH3 is 1. The Morgan fingerprint density at radius 1 is 1.13 bits per heavy atom. The van der Waals surface area contributed by atoms with Gasteiger partial charge >= 0.3 is 5.97 Å². The van der Waals surface area contributed by atoms with Crippen LogP contribution >= 0.6 is 0 Å². The number of anilines is 2. The van der Waals surface area contributed by atoms with Crippen molar-refractivity contribution in [2.75, 3.05) is 37.0 Å². The van der Waals surface area contributed by atoms with Crippen LogP contribution in [-0.4, -0.2) is 85.8 Å². The van der Waals surface area contributed by atoms with Gasteiger partial charge in [0.05, 0.1) is 38.0 Å². The molecule has 2 aromatic carbocycles. The van der Waals surface area contributed by atoms with Gasteiger partial charge in [-0.2, -0.15) is 0 Å². The maximum Gasteiger partial charge on any atom is 0.305 e. The number of rotatable bonds is 11. The van der Waals surface area contributed by atoms with E-state index in [0.717, 1.165) is 12.8 Å². The van der Waals surface area contributed by atoms with Crippen molar-refractivity contribution >= 4 is 43.4 Å². The second kappa shape index (κ2) is 13.6. The highest BCUT2D eigenvalue weighted by Gasteiger charge is 2.66. The standard InChI is InChI=1S/C34H45N3O8Si/c1-22-31(46(3,4)43)28(20-29(39)36-18-10-13-25(36)21-38)45-34(22)26-19-24(35-32(41)23-11-6-5-7-12-23)15-16-27(26)37(33(34)42)17-9-8-14-30(40)44-2/h5-7,11-12,15-16,19,22,25,28,31,38,43H,8-10,13-14,17-18,20-21H2,1-4H3,(H,35,41)/t22-,25-,28+,31-,34+/m0/s1. The number of hydrogen-bond donors (Lipinski definition) is 3. The minimum Gasteiger partial charge on any atom is -0.469 e. The Hall–Kier alpha value is -3.58. The van der Waals surface area contributed by atoms with Crippen LogP contribution in [0.5, 0.6) is 0 Å². The van der Waals surface area contributed by atoms with E-state index in [2.05, 4.69) is 5.32 Å². The molecule has 0 saturated carbocycles. The monoisotopic (exact) mass is 651 g/mol. The molecule has 0 radical (unpaired) electrons. The van der Waals surface area contributed by atoms with Crippen LogP contribution in [0, 0.1) is 5.92 Å². The van der Waals surface area contributed by atoms with E-state index in [1.165, 1.54) is 7.11 Å². The lowest BCUT2D eigenvalue weighted by Crippen LogP contribution is -2.46.